The van der Waals surface area contributed by atoms with Crippen LogP contribution in [0.4, 0.5) is 0 Å². The second-order valence-corrected chi connectivity index (χ2v) is 5.00. The average Bonchev–Trinajstić information content (AvgIpc) is 2.81. The number of fused-ring (bicyclic) bond motifs is 3. The molecule has 3 heteroatoms. The van der Waals surface area contributed by atoms with E-state index in [4.69, 9.17) is 11.2 Å². The Balaban J connectivity index is 2.29. The summed E-state index contributed by atoms with van der Waals surface area (Å²) in [5, 5.41) is 2.41. The number of terminal acetylenes is 1. The summed E-state index contributed by atoms with van der Waals surface area (Å²) in [6.07, 6.45) is 5.54. The fraction of sp³-hybridized carbons (Fsp3) is 0.214. The molecule has 2 aromatic rings. The summed E-state index contributed by atoms with van der Waals surface area (Å²) in [6, 6.07) is 10.3. The molecule has 0 spiro atoms. The lowest BCUT2D eigenvalue weighted by atomic mass is 10.1. The van der Waals surface area contributed by atoms with Crippen LogP contribution < -0.4 is 4.57 Å². The van der Waals surface area contributed by atoms with Crippen molar-refractivity contribution in [1.82, 2.24) is 0 Å². The van der Waals surface area contributed by atoms with Crippen molar-refractivity contribution in [1.29, 1.82) is 0 Å². The molecular formula is C14H12NOS+. The zero-order valence-corrected chi connectivity index (χ0v) is 10.3. The molecule has 0 saturated heterocycles. The van der Waals surface area contributed by atoms with E-state index in [-0.39, 0.29) is 6.23 Å². The zero-order chi connectivity index (χ0) is 11.8. The number of aromatic nitrogens is 1. The maximum Gasteiger partial charge on any atom is 0.273 e. The fourth-order valence-electron chi connectivity index (χ4n) is 2.18. The molecule has 1 aliphatic rings. The van der Waals surface area contributed by atoms with Gasteiger partial charge < -0.3 is 4.74 Å². The Morgan fingerprint density at radius 2 is 2.29 bits per heavy atom. The van der Waals surface area contributed by atoms with Crippen LogP contribution in [0.2, 0.25) is 0 Å². The highest BCUT2D eigenvalue weighted by Crippen LogP contribution is 2.29. The molecule has 1 aromatic carbocycles. The third-order valence-electron chi connectivity index (χ3n) is 3.03. The van der Waals surface area contributed by atoms with Gasteiger partial charge in [0.15, 0.2) is 0 Å². The smallest absolute Gasteiger partial charge is 0.273 e. The van der Waals surface area contributed by atoms with Crippen molar-refractivity contribution in [3.05, 3.63) is 35.9 Å². The van der Waals surface area contributed by atoms with Crippen LogP contribution in [0.15, 0.2) is 35.4 Å². The number of hydrogen-bond acceptors (Lipinski definition) is 2. The summed E-state index contributed by atoms with van der Waals surface area (Å²) < 4.78 is 7.74. The molecule has 0 amide bonds. The summed E-state index contributed by atoms with van der Waals surface area (Å²) >= 11 is 1.82. The standard InChI is InChI=1S/C14H12NOS/c1-3-10-4-6-12-11(8-10)5-7-14-15(12)13(16-2)9-17-14/h1,4-8,13H,9H2,2H3/q+1. The van der Waals surface area contributed by atoms with Crippen LogP contribution in [0.1, 0.15) is 11.8 Å². The lowest BCUT2D eigenvalue weighted by Crippen LogP contribution is -2.40. The Kier molecular flexibility index (Phi) is 2.54. The first-order chi connectivity index (χ1) is 8.33. The van der Waals surface area contributed by atoms with E-state index >= 15 is 0 Å². The van der Waals surface area contributed by atoms with Gasteiger partial charge in [-0.15, -0.1) is 6.42 Å². The van der Waals surface area contributed by atoms with Gasteiger partial charge in [0.2, 0.25) is 10.5 Å². The number of nitrogens with zero attached hydrogens (tertiary/aromatic N) is 1. The Labute approximate surface area is 105 Å². The Hall–Kier alpha value is -1.50. The van der Waals surface area contributed by atoms with Gasteiger partial charge in [-0.05, 0) is 30.0 Å². The number of methoxy groups -OCH3 is 1. The minimum atomic E-state index is 0.121. The highest BCUT2D eigenvalue weighted by atomic mass is 32.2. The quantitative estimate of drug-likeness (QED) is 0.562. The highest BCUT2D eigenvalue weighted by Gasteiger charge is 2.33. The summed E-state index contributed by atoms with van der Waals surface area (Å²) in [5.41, 5.74) is 2.09. The van der Waals surface area contributed by atoms with Gasteiger partial charge >= 0.3 is 0 Å². The fourth-order valence-corrected chi connectivity index (χ4v) is 3.29. The van der Waals surface area contributed by atoms with Gasteiger partial charge in [0.1, 0.15) is 0 Å². The van der Waals surface area contributed by atoms with Gasteiger partial charge in [-0.1, -0.05) is 5.92 Å². The van der Waals surface area contributed by atoms with E-state index in [2.05, 4.69) is 28.7 Å². The van der Waals surface area contributed by atoms with E-state index in [0.29, 0.717) is 0 Å². The molecule has 1 atom stereocenters. The van der Waals surface area contributed by atoms with E-state index in [0.717, 1.165) is 16.7 Å². The number of thioether (sulfide) groups is 1. The van der Waals surface area contributed by atoms with Gasteiger partial charge in [0, 0.05) is 30.2 Å². The minimum absolute atomic E-state index is 0.121. The lowest BCUT2D eigenvalue weighted by Gasteiger charge is -2.05. The maximum absolute atomic E-state index is 5.50. The van der Waals surface area contributed by atoms with E-state index < -0.39 is 0 Å². The molecule has 0 N–H and O–H groups in total. The van der Waals surface area contributed by atoms with Crippen molar-refractivity contribution in [3.8, 4) is 12.3 Å². The van der Waals surface area contributed by atoms with Crippen molar-refractivity contribution in [2.45, 2.75) is 11.3 Å². The monoisotopic (exact) mass is 242 g/mol. The average molecular weight is 242 g/mol. The molecule has 0 radical (unpaired) electrons. The summed E-state index contributed by atoms with van der Waals surface area (Å²) in [6.45, 7) is 0. The van der Waals surface area contributed by atoms with Crippen LogP contribution in [-0.2, 0) is 4.74 Å². The Morgan fingerprint density at radius 3 is 3.06 bits per heavy atom. The Bertz CT molecular complexity index is 630. The highest BCUT2D eigenvalue weighted by molar-refractivity contribution is 7.99. The molecule has 0 saturated carbocycles. The Morgan fingerprint density at radius 1 is 1.41 bits per heavy atom. The number of rotatable bonds is 1. The maximum atomic E-state index is 5.50. The molecule has 1 aromatic heterocycles. The first-order valence-corrected chi connectivity index (χ1v) is 6.42. The molecule has 2 heterocycles. The van der Waals surface area contributed by atoms with Gasteiger partial charge in [-0.3, -0.25) is 0 Å². The third kappa shape index (κ3) is 1.61. The normalized spacial score (nSPS) is 18.0. The van der Waals surface area contributed by atoms with Crippen LogP contribution in [0, 0.1) is 12.3 Å². The molecule has 0 fully saturated rings. The third-order valence-corrected chi connectivity index (χ3v) is 4.11. The lowest BCUT2D eigenvalue weighted by molar-refractivity contribution is -0.759. The molecule has 1 aliphatic heterocycles. The van der Waals surface area contributed by atoms with Crippen LogP contribution in [0.25, 0.3) is 10.9 Å². The first kappa shape index (κ1) is 10.6. The largest absolute Gasteiger partial charge is 0.324 e. The number of benzene rings is 1. The summed E-state index contributed by atoms with van der Waals surface area (Å²) in [4.78, 5) is 0. The molecular weight excluding hydrogens is 230 g/mol. The molecule has 3 rings (SSSR count). The van der Waals surface area contributed by atoms with E-state index in [1.807, 2.05) is 23.9 Å². The molecule has 84 valence electrons. The van der Waals surface area contributed by atoms with Crippen molar-refractivity contribution in [2.24, 2.45) is 0 Å². The molecule has 2 nitrogen and oxygen atoms in total. The number of pyridine rings is 1. The molecule has 0 bridgehead atoms. The second-order valence-electron chi connectivity index (χ2n) is 3.96. The first-order valence-electron chi connectivity index (χ1n) is 5.44. The van der Waals surface area contributed by atoms with Crippen LogP contribution in [0.3, 0.4) is 0 Å². The molecule has 1 unspecified atom stereocenters. The number of hydrogen-bond donors (Lipinski definition) is 0. The zero-order valence-electron chi connectivity index (χ0n) is 9.51. The van der Waals surface area contributed by atoms with Gasteiger partial charge in [0.05, 0.1) is 5.75 Å². The number of ether oxygens (including phenoxy) is 1. The van der Waals surface area contributed by atoms with E-state index in [1.165, 1.54) is 10.5 Å². The van der Waals surface area contributed by atoms with E-state index in [9.17, 15) is 0 Å². The van der Waals surface area contributed by atoms with Crippen LogP contribution >= 0.6 is 11.8 Å². The van der Waals surface area contributed by atoms with Gasteiger partial charge in [0.25, 0.3) is 6.23 Å². The van der Waals surface area contributed by atoms with Crippen LogP contribution in [0.5, 0.6) is 0 Å². The van der Waals surface area contributed by atoms with Crippen molar-refractivity contribution in [2.75, 3.05) is 12.9 Å². The molecule has 0 aliphatic carbocycles. The predicted molar refractivity (Wildman–Crippen MR) is 68.8 cm³/mol. The topological polar surface area (TPSA) is 13.1 Å². The minimum Gasteiger partial charge on any atom is -0.324 e. The summed E-state index contributed by atoms with van der Waals surface area (Å²) in [7, 11) is 1.75. The SMILES string of the molecule is C#Cc1ccc2c(ccc3[n+]2C(OC)CS3)c1. The van der Waals surface area contributed by atoms with E-state index in [1.54, 1.807) is 7.11 Å². The molecule has 17 heavy (non-hydrogen) atoms. The van der Waals surface area contributed by atoms with Gasteiger partial charge in [-0.2, -0.15) is 4.57 Å². The van der Waals surface area contributed by atoms with Crippen molar-refractivity contribution in [3.63, 3.8) is 0 Å². The predicted octanol–water partition coefficient (Wildman–Crippen LogP) is 2.36. The van der Waals surface area contributed by atoms with Gasteiger partial charge in [-0.25, -0.2) is 0 Å². The summed E-state index contributed by atoms with van der Waals surface area (Å²) in [5.74, 6) is 3.63. The van der Waals surface area contributed by atoms with Crippen LogP contribution in [-0.4, -0.2) is 12.9 Å². The van der Waals surface area contributed by atoms with Crippen molar-refractivity contribution < 1.29 is 9.30 Å². The second kappa shape index (κ2) is 4.06. The van der Waals surface area contributed by atoms with Crippen molar-refractivity contribution >= 4 is 22.7 Å².